The van der Waals surface area contributed by atoms with E-state index >= 15 is 0 Å². The highest BCUT2D eigenvalue weighted by Crippen LogP contribution is 2.25. The van der Waals surface area contributed by atoms with Crippen molar-refractivity contribution in [2.45, 2.75) is 33.5 Å². The van der Waals surface area contributed by atoms with Gasteiger partial charge in [0.15, 0.2) is 6.61 Å². The van der Waals surface area contributed by atoms with Crippen LogP contribution in [0.5, 0.6) is 5.75 Å². The number of cyclic esters (lactones) is 2. The first-order valence-corrected chi connectivity index (χ1v) is 9.41. The number of benzene rings is 2. The van der Waals surface area contributed by atoms with Gasteiger partial charge in [-0.2, -0.15) is 0 Å². The van der Waals surface area contributed by atoms with Crippen LogP contribution in [0.4, 0.5) is 5.69 Å². The van der Waals surface area contributed by atoms with E-state index in [0.717, 1.165) is 11.1 Å². The SMILES string of the molecule is Cc1ccc(NC(=O)COc2cccc(C=C3C(=O)OC(C)(C)OC3=O)c2)cc1C. The van der Waals surface area contributed by atoms with Gasteiger partial charge < -0.3 is 19.5 Å². The Hall–Kier alpha value is -3.61. The molecule has 1 N–H and O–H groups in total. The van der Waals surface area contributed by atoms with E-state index in [2.05, 4.69) is 5.32 Å². The number of hydrogen-bond donors (Lipinski definition) is 1. The molecule has 0 aliphatic carbocycles. The maximum absolute atomic E-state index is 12.2. The van der Waals surface area contributed by atoms with Crippen molar-refractivity contribution in [3.8, 4) is 5.75 Å². The molecule has 30 heavy (non-hydrogen) atoms. The topological polar surface area (TPSA) is 90.9 Å². The normalized spacial score (nSPS) is 15.1. The molecule has 156 valence electrons. The Morgan fingerprint density at radius 3 is 2.40 bits per heavy atom. The van der Waals surface area contributed by atoms with Gasteiger partial charge in [0.2, 0.25) is 0 Å². The fraction of sp³-hybridized carbons (Fsp3) is 0.261. The molecule has 0 aromatic heterocycles. The van der Waals surface area contributed by atoms with Gasteiger partial charge in [0.25, 0.3) is 11.7 Å². The zero-order valence-corrected chi connectivity index (χ0v) is 17.3. The number of nitrogens with one attached hydrogen (secondary N) is 1. The molecule has 0 bridgehead atoms. The van der Waals surface area contributed by atoms with Gasteiger partial charge in [-0.3, -0.25) is 4.79 Å². The molecule has 1 fully saturated rings. The number of anilines is 1. The van der Waals surface area contributed by atoms with Crippen molar-refractivity contribution in [3.63, 3.8) is 0 Å². The number of aryl methyl sites for hydroxylation is 2. The second kappa shape index (κ2) is 8.41. The molecule has 2 aromatic rings. The number of carbonyl (C=O) groups excluding carboxylic acids is 3. The Labute approximate surface area is 174 Å². The first-order chi connectivity index (χ1) is 14.1. The minimum absolute atomic E-state index is 0.189. The standard InChI is InChI=1S/C23H23NO6/c1-14-8-9-17(10-15(14)2)24-20(25)13-28-18-7-5-6-16(11-18)12-19-21(26)29-23(3,4)30-22(19)27/h5-12H,13H2,1-4H3,(H,24,25). The molecule has 0 atom stereocenters. The molecule has 7 heteroatoms. The number of rotatable bonds is 5. The third-order valence-corrected chi connectivity index (χ3v) is 4.45. The van der Waals surface area contributed by atoms with E-state index in [1.54, 1.807) is 24.3 Å². The van der Waals surface area contributed by atoms with E-state index in [9.17, 15) is 14.4 Å². The number of amides is 1. The van der Waals surface area contributed by atoms with Crippen LogP contribution in [0.1, 0.15) is 30.5 Å². The van der Waals surface area contributed by atoms with Gasteiger partial charge >= 0.3 is 11.9 Å². The van der Waals surface area contributed by atoms with Crippen molar-refractivity contribution < 1.29 is 28.6 Å². The summed E-state index contributed by atoms with van der Waals surface area (Å²) in [5.41, 5.74) is 3.24. The second-order valence-electron chi connectivity index (χ2n) is 7.45. The Balaban J connectivity index is 1.64. The molecule has 1 amide bonds. The first kappa shape index (κ1) is 21.1. The van der Waals surface area contributed by atoms with Crippen LogP contribution in [-0.4, -0.2) is 30.2 Å². The van der Waals surface area contributed by atoms with E-state index < -0.39 is 17.7 Å². The number of hydrogen-bond acceptors (Lipinski definition) is 6. The molecule has 2 aromatic carbocycles. The first-order valence-electron chi connectivity index (χ1n) is 9.41. The predicted octanol–water partition coefficient (Wildman–Crippen LogP) is 3.54. The average molecular weight is 409 g/mol. The fourth-order valence-corrected chi connectivity index (χ4v) is 2.80. The molecular weight excluding hydrogens is 386 g/mol. The van der Waals surface area contributed by atoms with Crippen LogP contribution in [0.2, 0.25) is 0 Å². The highest BCUT2D eigenvalue weighted by Gasteiger charge is 2.38. The summed E-state index contributed by atoms with van der Waals surface area (Å²) in [5, 5.41) is 2.78. The molecule has 3 rings (SSSR count). The van der Waals surface area contributed by atoms with Crippen LogP contribution in [0.25, 0.3) is 6.08 Å². The van der Waals surface area contributed by atoms with Crippen LogP contribution in [0.15, 0.2) is 48.0 Å². The lowest BCUT2D eigenvalue weighted by molar-refractivity contribution is -0.222. The molecule has 1 aliphatic heterocycles. The van der Waals surface area contributed by atoms with Gasteiger partial charge in [-0.05, 0) is 60.9 Å². The Bertz CT molecular complexity index is 1020. The lowest BCUT2D eigenvalue weighted by Crippen LogP contribution is -2.41. The van der Waals surface area contributed by atoms with Crippen molar-refractivity contribution in [2.75, 3.05) is 11.9 Å². The quantitative estimate of drug-likeness (QED) is 0.461. The summed E-state index contributed by atoms with van der Waals surface area (Å²) in [4.78, 5) is 36.3. The monoisotopic (exact) mass is 409 g/mol. The zero-order chi connectivity index (χ0) is 21.9. The van der Waals surface area contributed by atoms with Gasteiger partial charge in [0, 0.05) is 19.5 Å². The molecule has 0 radical (unpaired) electrons. The molecule has 7 nitrogen and oxygen atoms in total. The van der Waals surface area contributed by atoms with Crippen molar-refractivity contribution in [1.82, 2.24) is 0 Å². The van der Waals surface area contributed by atoms with E-state index in [0.29, 0.717) is 17.0 Å². The highest BCUT2D eigenvalue weighted by molar-refractivity contribution is 6.18. The molecule has 1 saturated heterocycles. The maximum Gasteiger partial charge on any atom is 0.348 e. The van der Waals surface area contributed by atoms with E-state index in [1.165, 1.54) is 19.9 Å². The summed E-state index contributed by atoms with van der Waals surface area (Å²) < 4.78 is 15.7. The Morgan fingerprint density at radius 2 is 1.73 bits per heavy atom. The smallest absolute Gasteiger partial charge is 0.348 e. The van der Waals surface area contributed by atoms with Crippen LogP contribution < -0.4 is 10.1 Å². The molecule has 0 unspecified atom stereocenters. The number of esters is 2. The van der Waals surface area contributed by atoms with Crippen LogP contribution >= 0.6 is 0 Å². The van der Waals surface area contributed by atoms with E-state index in [-0.39, 0.29) is 18.1 Å². The predicted molar refractivity (Wildman–Crippen MR) is 111 cm³/mol. The van der Waals surface area contributed by atoms with Crippen molar-refractivity contribution >= 4 is 29.6 Å². The van der Waals surface area contributed by atoms with Gasteiger partial charge in [0.1, 0.15) is 11.3 Å². The van der Waals surface area contributed by atoms with Crippen molar-refractivity contribution in [2.24, 2.45) is 0 Å². The molecule has 1 aliphatic rings. The highest BCUT2D eigenvalue weighted by atomic mass is 16.7. The summed E-state index contributed by atoms with van der Waals surface area (Å²) in [6.07, 6.45) is 1.36. The van der Waals surface area contributed by atoms with E-state index in [1.807, 2.05) is 32.0 Å². The van der Waals surface area contributed by atoms with Gasteiger partial charge in [-0.25, -0.2) is 9.59 Å². The summed E-state index contributed by atoms with van der Waals surface area (Å²) in [5.74, 6) is -2.69. The Kier molecular flexibility index (Phi) is 5.91. The maximum atomic E-state index is 12.2. The molecule has 0 spiro atoms. The van der Waals surface area contributed by atoms with Crippen LogP contribution in [0, 0.1) is 13.8 Å². The minimum Gasteiger partial charge on any atom is -0.484 e. The molecule has 1 heterocycles. The number of carbonyl (C=O) groups is 3. The fourth-order valence-electron chi connectivity index (χ4n) is 2.80. The van der Waals surface area contributed by atoms with Crippen molar-refractivity contribution in [3.05, 3.63) is 64.7 Å². The Morgan fingerprint density at radius 1 is 1.03 bits per heavy atom. The number of ether oxygens (including phenoxy) is 3. The third-order valence-electron chi connectivity index (χ3n) is 4.45. The largest absolute Gasteiger partial charge is 0.484 e. The average Bonchev–Trinajstić information content (AvgIpc) is 2.66. The minimum atomic E-state index is -1.29. The lowest BCUT2D eigenvalue weighted by atomic mass is 10.1. The van der Waals surface area contributed by atoms with E-state index in [4.69, 9.17) is 14.2 Å². The van der Waals surface area contributed by atoms with Crippen LogP contribution in [0.3, 0.4) is 0 Å². The summed E-state index contributed by atoms with van der Waals surface area (Å²) >= 11 is 0. The summed E-state index contributed by atoms with van der Waals surface area (Å²) in [7, 11) is 0. The summed E-state index contributed by atoms with van der Waals surface area (Å²) in [6, 6.07) is 12.3. The van der Waals surface area contributed by atoms with Gasteiger partial charge in [0.05, 0.1) is 0 Å². The third kappa shape index (κ3) is 5.26. The zero-order valence-electron chi connectivity index (χ0n) is 17.3. The van der Waals surface area contributed by atoms with Crippen LogP contribution in [-0.2, 0) is 23.9 Å². The molecule has 0 saturated carbocycles. The molecular formula is C23H23NO6. The van der Waals surface area contributed by atoms with Crippen molar-refractivity contribution in [1.29, 1.82) is 0 Å². The summed E-state index contributed by atoms with van der Waals surface area (Å²) in [6.45, 7) is 6.75. The van der Waals surface area contributed by atoms with Gasteiger partial charge in [-0.15, -0.1) is 0 Å². The van der Waals surface area contributed by atoms with Gasteiger partial charge in [-0.1, -0.05) is 18.2 Å². The lowest BCUT2D eigenvalue weighted by Gasteiger charge is -2.29. The second-order valence-corrected chi connectivity index (χ2v) is 7.45.